The van der Waals surface area contributed by atoms with E-state index in [9.17, 15) is 24.0 Å². The number of anilines is 1. The number of ether oxygens (including phenoxy) is 1. The van der Waals surface area contributed by atoms with E-state index in [0.29, 0.717) is 52.3 Å². The molecule has 4 aromatic rings. The topological polar surface area (TPSA) is 180 Å². The van der Waals surface area contributed by atoms with Gasteiger partial charge < -0.3 is 25.3 Å². The lowest BCUT2D eigenvalue weighted by molar-refractivity contribution is -0.139. The van der Waals surface area contributed by atoms with Crippen LogP contribution in [0.15, 0.2) is 62.6 Å². The number of benzene rings is 3. The van der Waals surface area contributed by atoms with Crippen LogP contribution in [0.25, 0.3) is 0 Å². The van der Waals surface area contributed by atoms with Crippen LogP contribution in [-0.4, -0.2) is 63.6 Å². The van der Waals surface area contributed by atoms with E-state index in [1.807, 2.05) is 6.92 Å². The van der Waals surface area contributed by atoms with Crippen LogP contribution in [0.2, 0.25) is 30.1 Å². The summed E-state index contributed by atoms with van der Waals surface area (Å²) in [6.07, 6.45) is -0.224. The molecule has 0 saturated heterocycles. The van der Waals surface area contributed by atoms with Crippen molar-refractivity contribution in [1.82, 2.24) is 14.6 Å². The van der Waals surface area contributed by atoms with E-state index >= 15 is 0 Å². The van der Waals surface area contributed by atoms with Crippen LogP contribution in [-0.2, 0) is 20.8 Å². The molecule has 294 valence electrons. The Hall–Kier alpha value is -3.47. The molecule has 0 aliphatic carbocycles. The van der Waals surface area contributed by atoms with E-state index in [0.717, 1.165) is 10.6 Å². The maximum absolute atomic E-state index is 11.5. The number of hydrogen-bond acceptors (Lipinski definition) is 7. The van der Waals surface area contributed by atoms with Crippen molar-refractivity contribution in [2.45, 2.75) is 40.2 Å². The summed E-state index contributed by atoms with van der Waals surface area (Å²) in [5.74, 6) is -1.44. The number of aliphatic carboxylic acids is 2. The zero-order valence-electron chi connectivity index (χ0n) is 29.4. The first-order chi connectivity index (χ1) is 25.1. The summed E-state index contributed by atoms with van der Waals surface area (Å²) in [4.78, 5) is 62.2. The van der Waals surface area contributed by atoms with Crippen molar-refractivity contribution in [3.8, 4) is 5.75 Å². The van der Waals surface area contributed by atoms with Gasteiger partial charge in [0.05, 0.1) is 33.6 Å². The molecular formula is C34H35BrCl6N4O9. The van der Waals surface area contributed by atoms with Gasteiger partial charge in [-0.25, -0.2) is 19.4 Å². The van der Waals surface area contributed by atoms with Crippen molar-refractivity contribution in [2.75, 3.05) is 26.1 Å². The van der Waals surface area contributed by atoms with E-state index < -0.39 is 18.0 Å². The molecule has 1 heterocycles. The summed E-state index contributed by atoms with van der Waals surface area (Å²) in [5.41, 5.74) is 1.65. The predicted octanol–water partition coefficient (Wildman–Crippen LogP) is 9.59. The van der Waals surface area contributed by atoms with Crippen molar-refractivity contribution in [3.63, 3.8) is 0 Å². The van der Waals surface area contributed by atoms with E-state index in [1.165, 1.54) is 30.9 Å². The summed E-state index contributed by atoms with van der Waals surface area (Å²) in [5, 5.41) is 22.8. The number of nitrogens with zero attached hydrogens (tertiary/aromatic N) is 2. The van der Waals surface area contributed by atoms with Crippen LogP contribution in [0.4, 0.5) is 10.5 Å². The number of rotatable bonds is 8. The third-order valence-corrected chi connectivity index (χ3v) is 9.56. The zero-order chi connectivity index (χ0) is 41.4. The van der Waals surface area contributed by atoms with Crippen molar-refractivity contribution < 1.29 is 34.2 Å². The quantitative estimate of drug-likeness (QED) is 0.0989. The Balaban J connectivity index is 0.000000361. The molecule has 3 aromatic carbocycles. The van der Waals surface area contributed by atoms with E-state index in [2.05, 4.69) is 26.2 Å². The van der Waals surface area contributed by atoms with Gasteiger partial charge in [0.2, 0.25) is 0 Å². The monoisotopic (exact) mass is 932 g/mol. The summed E-state index contributed by atoms with van der Waals surface area (Å²) < 4.78 is 6.59. The average molecular weight is 936 g/mol. The highest BCUT2D eigenvalue weighted by atomic mass is 79.9. The van der Waals surface area contributed by atoms with Crippen molar-refractivity contribution in [1.29, 1.82) is 0 Å². The number of aromatic amines is 1. The van der Waals surface area contributed by atoms with Crippen LogP contribution in [0.5, 0.6) is 5.75 Å². The summed E-state index contributed by atoms with van der Waals surface area (Å²) in [7, 11) is 2.89. The maximum Gasteiger partial charge on any atom is 0.345 e. The molecule has 0 bridgehead atoms. The van der Waals surface area contributed by atoms with Gasteiger partial charge in [0.25, 0.3) is 5.56 Å². The van der Waals surface area contributed by atoms with Gasteiger partial charge in [-0.2, -0.15) is 0 Å². The molecule has 0 saturated carbocycles. The van der Waals surface area contributed by atoms with Gasteiger partial charge in [-0.05, 0) is 97.7 Å². The molecule has 1 aromatic heterocycles. The lowest BCUT2D eigenvalue weighted by atomic mass is 10.1. The smallest absolute Gasteiger partial charge is 0.345 e. The summed E-state index contributed by atoms with van der Waals surface area (Å²) in [6, 6.07) is 12.4. The molecule has 4 N–H and O–H groups in total. The van der Waals surface area contributed by atoms with Gasteiger partial charge in [0, 0.05) is 40.1 Å². The second-order valence-electron chi connectivity index (χ2n) is 10.9. The molecule has 2 amide bonds. The molecule has 4 rings (SSSR count). The third-order valence-electron chi connectivity index (χ3n) is 6.45. The number of carboxylic acids is 2. The van der Waals surface area contributed by atoms with Crippen molar-refractivity contribution >= 4 is 109 Å². The fourth-order valence-electron chi connectivity index (χ4n) is 3.76. The lowest BCUT2D eigenvalue weighted by Crippen LogP contribution is -2.37. The minimum absolute atomic E-state index is 0.131. The zero-order valence-corrected chi connectivity index (χ0v) is 35.5. The number of aromatic nitrogens is 2. The number of carbonyl (C=O) groups is 3. The highest BCUT2D eigenvalue weighted by molar-refractivity contribution is 9.10. The Bertz CT molecular complexity index is 2060. The maximum atomic E-state index is 11.5. The SMILES string of the molecule is CON(C)C(=O)Nc1ccc(Cl)c(Cl)c1.Cc1[nH]c(=O)n(C(C)C)c(=O)c1Br.Cc1cc(Cl)ccc1OCC(=O)O.O=C(O)Cc1c(Cl)ccc(Cl)c1Cl. The van der Waals surface area contributed by atoms with Gasteiger partial charge in [-0.1, -0.05) is 69.6 Å². The van der Waals surface area contributed by atoms with Crippen LogP contribution in [0, 0.1) is 13.8 Å². The standard InChI is InChI=1S/C9H10Cl2N2O2.C9H9ClO3.C8H11BrN2O2.C8H5Cl3O2/c1-13(15-2)9(14)12-6-3-4-7(10)8(11)5-6;1-6-4-7(10)2-3-8(6)13-5-9(11)12;1-4(2)11-7(12)6(9)5(3)10-8(11)13;9-5-1-2-6(10)8(11)4(5)3-7(12)13/h3-5H,1-2H3,(H,12,14);2-4H,5H2,1H3,(H,11,12);4H,1-3H3,(H,10,13);1-2H,3H2,(H,12,13). The number of urea groups is 1. The van der Waals surface area contributed by atoms with E-state index in [4.69, 9.17) is 89.4 Å². The Morgan fingerprint density at radius 1 is 0.889 bits per heavy atom. The lowest BCUT2D eigenvalue weighted by Gasteiger charge is -2.14. The number of nitrogens with one attached hydrogen (secondary N) is 2. The second kappa shape index (κ2) is 23.4. The molecule has 0 unspecified atom stereocenters. The molecule has 0 aliphatic rings. The van der Waals surface area contributed by atoms with Gasteiger partial charge in [0.1, 0.15) is 10.2 Å². The first-order valence-electron chi connectivity index (χ1n) is 15.1. The summed E-state index contributed by atoms with van der Waals surface area (Å²) >= 11 is 37.5. The fourth-order valence-corrected chi connectivity index (χ4v) is 5.25. The van der Waals surface area contributed by atoms with Crippen molar-refractivity contribution in [2.24, 2.45) is 0 Å². The van der Waals surface area contributed by atoms with Gasteiger partial charge in [-0.15, -0.1) is 0 Å². The number of halogens is 7. The molecule has 0 fully saturated rings. The number of carboxylic acid groups (broad SMARTS) is 2. The Kier molecular flexibility index (Phi) is 21.1. The molecule has 0 radical (unpaired) electrons. The first kappa shape index (κ1) is 48.5. The van der Waals surface area contributed by atoms with Crippen LogP contribution in [0.3, 0.4) is 0 Å². The minimum atomic E-state index is -0.994. The molecule has 0 aliphatic heterocycles. The van der Waals surface area contributed by atoms with Gasteiger partial charge in [-0.3, -0.25) is 19.0 Å². The molecule has 20 heteroatoms. The van der Waals surface area contributed by atoms with Crippen LogP contribution >= 0.6 is 85.5 Å². The third kappa shape index (κ3) is 16.1. The number of hydrogen-bond donors (Lipinski definition) is 4. The van der Waals surface area contributed by atoms with E-state index in [1.54, 1.807) is 57.2 Å². The summed E-state index contributed by atoms with van der Waals surface area (Å²) in [6.45, 7) is 6.74. The highest BCUT2D eigenvalue weighted by Gasteiger charge is 2.13. The Morgan fingerprint density at radius 3 is 2.00 bits per heavy atom. The Labute approximate surface area is 348 Å². The molecule has 13 nitrogen and oxygen atoms in total. The molecular weight excluding hydrogens is 901 g/mol. The highest BCUT2D eigenvalue weighted by Crippen LogP contribution is 2.31. The Morgan fingerprint density at radius 2 is 1.48 bits per heavy atom. The first-order valence-corrected chi connectivity index (χ1v) is 18.2. The number of carbonyl (C=O) groups excluding carboxylic acids is 1. The van der Waals surface area contributed by atoms with Gasteiger partial charge >= 0.3 is 23.7 Å². The molecule has 54 heavy (non-hydrogen) atoms. The normalized spacial score (nSPS) is 10.1. The number of amides is 2. The molecule has 0 spiro atoms. The van der Waals surface area contributed by atoms with Crippen molar-refractivity contribution in [3.05, 3.63) is 121 Å². The number of hydroxylamine groups is 2. The average Bonchev–Trinajstić information content (AvgIpc) is 3.08. The second-order valence-corrected chi connectivity index (χ2v) is 14.1. The minimum Gasteiger partial charge on any atom is -0.482 e. The largest absolute Gasteiger partial charge is 0.482 e. The van der Waals surface area contributed by atoms with E-state index in [-0.39, 0.29) is 35.3 Å². The van der Waals surface area contributed by atoms with Crippen LogP contribution in [0.1, 0.15) is 36.7 Å². The van der Waals surface area contributed by atoms with Crippen LogP contribution < -0.4 is 21.3 Å². The fraction of sp³-hybridized carbons (Fsp3) is 0.265. The number of H-pyrrole nitrogens is 1. The van der Waals surface area contributed by atoms with Gasteiger partial charge in [0.15, 0.2) is 6.61 Å². The molecule has 0 atom stereocenters. The predicted molar refractivity (Wildman–Crippen MR) is 217 cm³/mol. The number of aryl methyl sites for hydroxylation is 2.